The molecule has 0 N–H and O–H groups in total. The Labute approximate surface area is 151 Å². The minimum absolute atomic E-state index is 0.0762. The molecule has 3 aromatic rings. The molecule has 0 unspecified atom stereocenters. The zero-order chi connectivity index (χ0) is 17.9. The summed E-state index contributed by atoms with van der Waals surface area (Å²) in [6.45, 7) is 4.77. The van der Waals surface area contributed by atoms with Gasteiger partial charge in [-0.3, -0.25) is 14.2 Å². The lowest BCUT2D eigenvalue weighted by Crippen LogP contribution is -2.37. The molecule has 0 spiro atoms. The molecule has 0 bridgehead atoms. The van der Waals surface area contributed by atoms with Crippen LogP contribution in [0.1, 0.15) is 16.8 Å². The van der Waals surface area contributed by atoms with Gasteiger partial charge in [-0.15, -0.1) is 0 Å². The third kappa shape index (κ3) is 3.36. The van der Waals surface area contributed by atoms with Gasteiger partial charge in [-0.25, -0.2) is 4.98 Å². The van der Waals surface area contributed by atoms with Gasteiger partial charge in [-0.1, -0.05) is 6.07 Å². The highest BCUT2D eigenvalue weighted by atomic mass is 16.5. The van der Waals surface area contributed by atoms with Crippen molar-refractivity contribution in [2.45, 2.75) is 6.92 Å². The van der Waals surface area contributed by atoms with Crippen LogP contribution in [0.5, 0.6) is 0 Å². The summed E-state index contributed by atoms with van der Waals surface area (Å²) in [7, 11) is 0. The number of morpholine rings is 1. The molecule has 132 valence electrons. The smallest absolute Gasteiger partial charge is 0.259 e. The molecule has 3 aromatic heterocycles. The van der Waals surface area contributed by atoms with E-state index in [9.17, 15) is 4.79 Å². The van der Waals surface area contributed by atoms with Crippen molar-refractivity contribution >= 4 is 23.6 Å². The van der Waals surface area contributed by atoms with Gasteiger partial charge in [0.15, 0.2) is 0 Å². The Morgan fingerprint density at radius 1 is 1.15 bits per heavy atom. The Hall–Kier alpha value is -2.99. The minimum atomic E-state index is -0.0762. The summed E-state index contributed by atoms with van der Waals surface area (Å²) in [6.07, 6.45) is 7.47. The Balaban J connectivity index is 1.82. The summed E-state index contributed by atoms with van der Waals surface area (Å²) in [5.74, 6) is 0.703. The fourth-order valence-corrected chi connectivity index (χ4v) is 3.08. The third-order valence-corrected chi connectivity index (χ3v) is 4.37. The number of pyridine rings is 2. The normalized spacial score (nSPS) is 15.0. The molecule has 6 nitrogen and oxygen atoms in total. The van der Waals surface area contributed by atoms with Crippen LogP contribution in [-0.4, -0.2) is 40.7 Å². The lowest BCUT2D eigenvalue weighted by Gasteiger charge is -2.27. The first-order valence-corrected chi connectivity index (χ1v) is 8.66. The summed E-state index contributed by atoms with van der Waals surface area (Å²) < 4.78 is 7.00. The maximum atomic E-state index is 12.6. The topological polar surface area (TPSA) is 59.7 Å². The quantitative estimate of drug-likeness (QED) is 0.727. The van der Waals surface area contributed by atoms with Gasteiger partial charge in [-0.2, -0.15) is 0 Å². The molecule has 26 heavy (non-hydrogen) atoms. The Bertz CT molecular complexity index is 1010. The van der Waals surface area contributed by atoms with Crippen LogP contribution in [0, 0.1) is 6.92 Å². The highest BCUT2D eigenvalue weighted by Crippen LogP contribution is 2.18. The molecule has 4 rings (SSSR count). The van der Waals surface area contributed by atoms with Crippen LogP contribution in [0.15, 0.2) is 47.5 Å². The average molecular weight is 348 g/mol. The maximum Gasteiger partial charge on any atom is 0.259 e. The van der Waals surface area contributed by atoms with E-state index in [-0.39, 0.29) is 5.56 Å². The van der Waals surface area contributed by atoms with Gasteiger partial charge >= 0.3 is 0 Å². The predicted molar refractivity (Wildman–Crippen MR) is 102 cm³/mol. The van der Waals surface area contributed by atoms with Crippen LogP contribution >= 0.6 is 0 Å². The van der Waals surface area contributed by atoms with Crippen LogP contribution in [-0.2, 0) is 4.74 Å². The summed E-state index contributed by atoms with van der Waals surface area (Å²) >= 11 is 0. The van der Waals surface area contributed by atoms with Crippen LogP contribution in [0.4, 0.5) is 5.82 Å². The molecule has 0 atom stereocenters. The van der Waals surface area contributed by atoms with Crippen LogP contribution in [0.25, 0.3) is 17.8 Å². The van der Waals surface area contributed by atoms with E-state index in [0.717, 1.165) is 29.9 Å². The van der Waals surface area contributed by atoms with E-state index in [1.165, 1.54) is 0 Å². The first-order chi connectivity index (χ1) is 12.7. The molecule has 6 heteroatoms. The van der Waals surface area contributed by atoms with Crippen LogP contribution in [0.3, 0.4) is 0 Å². The largest absolute Gasteiger partial charge is 0.378 e. The number of hydrogen-bond acceptors (Lipinski definition) is 5. The van der Waals surface area contributed by atoms with Crippen molar-refractivity contribution in [1.29, 1.82) is 0 Å². The number of aryl methyl sites for hydroxylation is 1. The SMILES string of the molecule is Cc1cc(C=Cc2ccccn2)c2nc(N3CCOCC3)cc(=O)n2c1. The number of nitrogens with zero attached hydrogens (tertiary/aromatic N) is 4. The summed E-state index contributed by atoms with van der Waals surface area (Å²) in [5.41, 5.74) is 3.33. The molecule has 1 aliphatic heterocycles. The number of hydrogen-bond donors (Lipinski definition) is 0. The number of fused-ring (bicyclic) bond motifs is 1. The highest BCUT2D eigenvalue weighted by Gasteiger charge is 2.15. The Morgan fingerprint density at radius 2 is 2.00 bits per heavy atom. The monoisotopic (exact) mass is 348 g/mol. The van der Waals surface area contributed by atoms with Gasteiger partial charge in [0, 0.05) is 37.1 Å². The zero-order valence-electron chi connectivity index (χ0n) is 14.6. The van der Waals surface area contributed by atoms with Crippen LogP contribution in [0.2, 0.25) is 0 Å². The van der Waals surface area contributed by atoms with Gasteiger partial charge < -0.3 is 9.64 Å². The van der Waals surface area contributed by atoms with Gasteiger partial charge in [0.05, 0.1) is 18.9 Å². The van der Waals surface area contributed by atoms with E-state index in [1.807, 2.05) is 49.5 Å². The fourth-order valence-electron chi connectivity index (χ4n) is 3.08. The second-order valence-electron chi connectivity index (χ2n) is 6.31. The molecule has 1 saturated heterocycles. The highest BCUT2D eigenvalue weighted by molar-refractivity contribution is 5.76. The minimum Gasteiger partial charge on any atom is -0.378 e. The van der Waals surface area contributed by atoms with Crippen molar-refractivity contribution in [3.63, 3.8) is 0 Å². The molecule has 4 heterocycles. The van der Waals surface area contributed by atoms with Gasteiger partial charge in [-0.05, 0) is 42.8 Å². The van der Waals surface area contributed by atoms with Crippen molar-refractivity contribution in [1.82, 2.24) is 14.4 Å². The van der Waals surface area contributed by atoms with E-state index in [2.05, 4.69) is 9.88 Å². The molecule has 0 aromatic carbocycles. The number of aromatic nitrogens is 3. The van der Waals surface area contributed by atoms with Gasteiger partial charge in [0.1, 0.15) is 11.5 Å². The van der Waals surface area contributed by atoms with Gasteiger partial charge in [0.25, 0.3) is 5.56 Å². The third-order valence-electron chi connectivity index (χ3n) is 4.37. The molecule has 1 aliphatic rings. The number of rotatable bonds is 3. The number of ether oxygens (including phenoxy) is 1. The van der Waals surface area contributed by atoms with E-state index < -0.39 is 0 Å². The van der Waals surface area contributed by atoms with Crippen LogP contribution < -0.4 is 10.5 Å². The van der Waals surface area contributed by atoms with Crippen molar-refractivity contribution in [3.05, 3.63) is 69.9 Å². The average Bonchev–Trinajstić information content (AvgIpc) is 2.68. The van der Waals surface area contributed by atoms with E-state index in [4.69, 9.17) is 9.72 Å². The lowest BCUT2D eigenvalue weighted by molar-refractivity contribution is 0.122. The fraction of sp³-hybridized carbons (Fsp3) is 0.250. The molecule has 1 fully saturated rings. The van der Waals surface area contributed by atoms with Crippen molar-refractivity contribution in [2.75, 3.05) is 31.2 Å². The molecule has 0 aliphatic carbocycles. The second kappa shape index (κ2) is 7.09. The molecule has 0 saturated carbocycles. The molecule has 0 radical (unpaired) electrons. The number of anilines is 1. The molecular weight excluding hydrogens is 328 g/mol. The summed E-state index contributed by atoms with van der Waals surface area (Å²) in [4.78, 5) is 23.8. The maximum absolute atomic E-state index is 12.6. The second-order valence-corrected chi connectivity index (χ2v) is 6.31. The van der Waals surface area contributed by atoms with Crippen molar-refractivity contribution in [2.24, 2.45) is 0 Å². The lowest BCUT2D eigenvalue weighted by atomic mass is 10.1. The van der Waals surface area contributed by atoms with E-state index in [1.54, 1.807) is 16.7 Å². The van der Waals surface area contributed by atoms with Gasteiger partial charge in [0.2, 0.25) is 0 Å². The van der Waals surface area contributed by atoms with E-state index in [0.29, 0.717) is 24.7 Å². The Kier molecular flexibility index (Phi) is 4.50. The summed E-state index contributed by atoms with van der Waals surface area (Å²) in [5, 5.41) is 0. The first-order valence-electron chi connectivity index (χ1n) is 8.66. The standard InChI is InChI=1S/C20H20N4O2/c1-15-12-16(5-6-17-4-2-3-7-21-17)20-22-18(13-19(25)24(20)14-15)23-8-10-26-11-9-23/h2-7,12-14H,8-11H2,1H3. The van der Waals surface area contributed by atoms with E-state index >= 15 is 0 Å². The molecule has 0 amide bonds. The van der Waals surface area contributed by atoms with Crippen molar-refractivity contribution in [3.8, 4) is 0 Å². The van der Waals surface area contributed by atoms with Crippen molar-refractivity contribution < 1.29 is 4.74 Å². The summed E-state index contributed by atoms with van der Waals surface area (Å²) in [6, 6.07) is 9.40. The Morgan fingerprint density at radius 3 is 2.77 bits per heavy atom. The predicted octanol–water partition coefficient (Wildman–Crippen LogP) is 2.40. The zero-order valence-corrected chi connectivity index (χ0v) is 14.6. The molecular formula is C20H20N4O2. The first kappa shape index (κ1) is 16.5.